The molecule has 0 aliphatic heterocycles. The van der Waals surface area contributed by atoms with Gasteiger partial charge in [0.05, 0.1) is 11.8 Å². The summed E-state index contributed by atoms with van der Waals surface area (Å²) < 4.78 is 14.4. The first-order chi connectivity index (χ1) is 6.18. The van der Waals surface area contributed by atoms with E-state index in [2.05, 4.69) is 15.3 Å². The van der Waals surface area contributed by atoms with Crippen LogP contribution in [-0.2, 0) is 7.05 Å². The van der Waals surface area contributed by atoms with E-state index in [0.717, 1.165) is 16.0 Å². The minimum absolute atomic E-state index is 0.318. The lowest BCUT2D eigenvalue weighted by Crippen LogP contribution is -1.93. The van der Waals surface area contributed by atoms with Crippen LogP contribution in [0, 0.1) is 5.95 Å². The second-order valence-electron chi connectivity index (χ2n) is 2.42. The molecule has 2 aromatic rings. The number of nitrogens with zero attached hydrogens (tertiary/aromatic N) is 4. The largest absolute Gasteiger partial charge is 0.374 e. The summed E-state index contributed by atoms with van der Waals surface area (Å²) in [6, 6.07) is 0. The van der Waals surface area contributed by atoms with Crippen molar-refractivity contribution in [3.63, 3.8) is 0 Å². The van der Waals surface area contributed by atoms with Gasteiger partial charge in [0.1, 0.15) is 0 Å². The zero-order valence-corrected chi connectivity index (χ0v) is 7.55. The van der Waals surface area contributed by atoms with Crippen molar-refractivity contribution in [3.05, 3.63) is 12.1 Å². The van der Waals surface area contributed by atoms with Crippen LogP contribution in [0.25, 0.3) is 10.6 Å². The van der Waals surface area contributed by atoms with Gasteiger partial charge in [-0.1, -0.05) is 11.3 Å². The number of hydrogen-bond acceptors (Lipinski definition) is 5. The molecular formula is C6H6FN5S. The van der Waals surface area contributed by atoms with E-state index in [1.807, 2.05) is 0 Å². The molecule has 7 heteroatoms. The first-order valence-corrected chi connectivity index (χ1v) is 4.27. The van der Waals surface area contributed by atoms with Crippen LogP contribution < -0.4 is 5.73 Å². The van der Waals surface area contributed by atoms with Crippen LogP contribution in [0.5, 0.6) is 0 Å². The molecule has 0 atom stereocenters. The van der Waals surface area contributed by atoms with Crippen molar-refractivity contribution in [3.8, 4) is 10.6 Å². The number of aromatic nitrogens is 4. The van der Waals surface area contributed by atoms with Crippen LogP contribution in [0.1, 0.15) is 0 Å². The molecule has 0 bridgehead atoms. The molecule has 0 aromatic carbocycles. The summed E-state index contributed by atoms with van der Waals surface area (Å²) in [6.45, 7) is 0. The highest BCUT2D eigenvalue weighted by atomic mass is 32.1. The average molecular weight is 199 g/mol. The molecule has 0 fully saturated rings. The van der Waals surface area contributed by atoms with Crippen LogP contribution in [0.15, 0.2) is 6.20 Å². The third kappa shape index (κ3) is 1.26. The van der Waals surface area contributed by atoms with E-state index in [1.54, 1.807) is 0 Å². The lowest BCUT2D eigenvalue weighted by molar-refractivity contribution is 0.506. The molecule has 2 rings (SSSR count). The maximum Gasteiger partial charge on any atom is 0.221 e. The van der Waals surface area contributed by atoms with Crippen LogP contribution in [0.4, 0.5) is 9.52 Å². The second kappa shape index (κ2) is 2.77. The molecule has 2 N–H and O–H groups in total. The van der Waals surface area contributed by atoms with Gasteiger partial charge in [0, 0.05) is 7.05 Å². The summed E-state index contributed by atoms with van der Waals surface area (Å²) >= 11 is 1.13. The number of nitrogen functional groups attached to an aromatic ring is 1. The number of anilines is 1. The van der Waals surface area contributed by atoms with Gasteiger partial charge in [-0.05, 0) is 0 Å². The standard InChI is InChI=1S/C6H6FN5S/c1-12-4(7)3(2-9-12)5-10-11-6(8)13-5/h2H,1H3,(H2,8,11). The van der Waals surface area contributed by atoms with Gasteiger partial charge in [-0.25, -0.2) is 4.68 Å². The van der Waals surface area contributed by atoms with Gasteiger partial charge in [-0.3, -0.25) is 0 Å². The van der Waals surface area contributed by atoms with Crippen molar-refractivity contribution in [2.24, 2.45) is 7.05 Å². The molecule has 2 heterocycles. The molecule has 0 radical (unpaired) electrons. The first-order valence-electron chi connectivity index (χ1n) is 3.45. The number of aryl methyl sites for hydroxylation is 1. The Morgan fingerprint density at radius 3 is 2.77 bits per heavy atom. The summed E-state index contributed by atoms with van der Waals surface area (Å²) in [6.07, 6.45) is 1.40. The molecule has 0 saturated carbocycles. The van der Waals surface area contributed by atoms with Gasteiger partial charge < -0.3 is 5.73 Å². The Balaban J connectivity index is 2.52. The predicted molar refractivity (Wildman–Crippen MR) is 46.5 cm³/mol. The fourth-order valence-electron chi connectivity index (χ4n) is 0.909. The summed E-state index contributed by atoms with van der Waals surface area (Å²) in [5, 5.41) is 11.8. The van der Waals surface area contributed by atoms with Gasteiger partial charge in [0.2, 0.25) is 11.1 Å². The van der Waals surface area contributed by atoms with Crippen molar-refractivity contribution in [1.29, 1.82) is 0 Å². The molecule has 2 aromatic heterocycles. The van der Waals surface area contributed by atoms with Crippen molar-refractivity contribution in [1.82, 2.24) is 20.0 Å². The first kappa shape index (κ1) is 8.11. The molecule has 0 unspecified atom stereocenters. The summed E-state index contributed by atoms with van der Waals surface area (Å²) in [4.78, 5) is 0. The molecule has 0 spiro atoms. The van der Waals surface area contributed by atoms with Crippen LogP contribution in [0.2, 0.25) is 0 Å². The smallest absolute Gasteiger partial charge is 0.221 e. The second-order valence-corrected chi connectivity index (χ2v) is 3.43. The number of nitrogens with two attached hydrogens (primary N) is 1. The number of rotatable bonds is 1. The van der Waals surface area contributed by atoms with Gasteiger partial charge in [-0.2, -0.15) is 9.49 Å². The van der Waals surface area contributed by atoms with E-state index in [-0.39, 0.29) is 0 Å². The zero-order valence-electron chi connectivity index (χ0n) is 6.73. The summed E-state index contributed by atoms with van der Waals surface area (Å²) in [5.74, 6) is -0.434. The molecule has 5 nitrogen and oxygen atoms in total. The van der Waals surface area contributed by atoms with Crippen molar-refractivity contribution in [2.75, 3.05) is 5.73 Å². The zero-order chi connectivity index (χ0) is 9.42. The molecular weight excluding hydrogens is 193 g/mol. The van der Waals surface area contributed by atoms with Crippen molar-refractivity contribution < 1.29 is 4.39 Å². The monoisotopic (exact) mass is 199 g/mol. The van der Waals surface area contributed by atoms with Gasteiger partial charge >= 0.3 is 0 Å². The summed E-state index contributed by atoms with van der Waals surface area (Å²) in [5.41, 5.74) is 5.70. The molecule has 0 aliphatic carbocycles. The Labute approximate surface area is 77.0 Å². The van der Waals surface area contributed by atoms with Gasteiger partial charge in [-0.15, -0.1) is 10.2 Å². The van der Waals surface area contributed by atoms with E-state index in [0.29, 0.717) is 15.7 Å². The third-order valence-corrected chi connectivity index (χ3v) is 2.32. The van der Waals surface area contributed by atoms with Crippen molar-refractivity contribution >= 4 is 16.5 Å². The molecule has 0 aliphatic rings. The molecule has 0 amide bonds. The van der Waals surface area contributed by atoms with Crippen LogP contribution >= 0.6 is 11.3 Å². The number of hydrogen-bond donors (Lipinski definition) is 1. The highest BCUT2D eigenvalue weighted by molar-refractivity contribution is 7.18. The minimum atomic E-state index is -0.434. The Hall–Kier alpha value is -1.50. The highest BCUT2D eigenvalue weighted by Crippen LogP contribution is 2.26. The van der Waals surface area contributed by atoms with Crippen LogP contribution in [0.3, 0.4) is 0 Å². The summed E-state index contributed by atoms with van der Waals surface area (Å²) in [7, 11) is 1.52. The van der Waals surface area contributed by atoms with Gasteiger partial charge in [0.15, 0.2) is 5.01 Å². The SMILES string of the molecule is Cn1ncc(-c2nnc(N)s2)c1F. The highest BCUT2D eigenvalue weighted by Gasteiger charge is 2.13. The quantitative estimate of drug-likeness (QED) is 0.732. The minimum Gasteiger partial charge on any atom is -0.374 e. The van der Waals surface area contributed by atoms with E-state index < -0.39 is 5.95 Å². The topological polar surface area (TPSA) is 69.6 Å². The fraction of sp³-hybridized carbons (Fsp3) is 0.167. The predicted octanol–water partition coefficient (Wildman–Crippen LogP) is 0.660. The lowest BCUT2D eigenvalue weighted by Gasteiger charge is -1.89. The molecule has 13 heavy (non-hydrogen) atoms. The Bertz CT molecular complexity index is 434. The van der Waals surface area contributed by atoms with E-state index >= 15 is 0 Å². The Kier molecular flexibility index (Phi) is 1.73. The maximum atomic E-state index is 13.3. The lowest BCUT2D eigenvalue weighted by atomic mass is 10.4. The Morgan fingerprint density at radius 2 is 2.31 bits per heavy atom. The molecule has 68 valence electrons. The fourth-order valence-corrected chi connectivity index (χ4v) is 1.52. The molecule has 0 saturated heterocycles. The number of halogens is 1. The third-order valence-electron chi connectivity index (χ3n) is 1.54. The van der Waals surface area contributed by atoms with E-state index in [9.17, 15) is 4.39 Å². The van der Waals surface area contributed by atoms with Crippen LogP contribution in [-0.4, -0.2) is 20.0 Å². The van der Waals surface area contributed by atoms with Gasteiger partial charge in [0.25, 0.3) is 0 Å². The van der Waals surface area contributed by atoms with Crippen molar-refractivity contribution in [2.45, 2.75) is 0 Å². The Morgan fingerprint density at radius 1 is 1.54 bits per heavy atom. The van der Waals surface area contributed by atoms with E-state index in [1.165, 1.54) is 13.2 Å². The van der Waals surface area contributed by atoms with E-state index in [4.69, 9.17) is 5.73 Å². The average Bonchev–Trinajstić information content (AvgIpc) is 2.62. The normalized spacial score (nSPS) is 10.6. The maximum absolute atomic E-state index is 13.3.